The number of imide groups is 1. The van der Waals surface area contributed by atoms with Crippen LogP contribution in [0.25, 0.3) is 6.08 Å². The van der Waals surface area contributed by atoms with E-state index in [-0.39, 0.29) is 30.6 Å². The van der Waals surface area contributed by atoms with Gasteiger partial charge in [0.05, 0.1) is 24.2 Å². The quantitative estimate of drug-likeness (QED) is 0.428. The lowest BCUT2D eigenvalue weighted by molar-refractivity contribution is -0.123. The van der Waals surface area contributed by atoms with Gasteiger partial charge in [0.25, 0.3) is 11.1 Å². The Balaban J connectivity index is 1.55. The smallest absolute Gasteiger partial charge is 0.293 e. The molecule has 9 heteroatoms. The number of hydrogen-bond donors (Lipinski definition) is 0. The zero-order valence-corrected chi connectivity index (χ0v) is 20.1. The molecule has 0 unspecified atom stereocenters. The van der Waals surface area contributed by atoms with Crippen molar-refractivity contribution in [2.24, 2.45) is 0 Å². The van der Waals surface area contributed by atoms with Crippen LogP contribution >= 0.6 is 23.4 Å². The maximum atomic E-state index is 13.0. The lowest BCUT2D eigenvalue weighted by Gasteiger charge is -2.16. The Morgan fingerprint density at radius 2 is 1.91 bits per heavy atom. The third kappa shape index (κ3) is 5.07. The molecule has 0 radical (unpaired) electrons. The molecule has 2 aromatic carbocycles. The molecule has 2 aromatic rings. The van der Waals surface area contributed by atoms with E-state index in [2.05, 4.69) is 0 Å². The highest BCUT2D eigenvalue weighted by Crippen LogP contribution is 2.40. The van der Waals surface area contributed by atoms with Gasteiger partial charge in [0, 0.05) is 11.1 Å². The van der Waals surface area contributed by atoms with Crippen LogP contribution < -0.4 is 18.9 Å². The van der Waals surface area contributed by atoms with E-state index in [4.69, 9.17) is 30.5 Å². The average molecular weight is 490 g/mol. The summed E-state index contributed by atoms with van der Waals surface area (Å²) in [5, 5.41) is 0.0438. The highest BCUT2D eigenvalue weighted by atomic mass is 35.5. The monoisotopic (exact) mass is 489 g/mol. The number of carbonyl (C=O) groups is 2. The van der Waals surface area contributed by atoms with Crippen molar-refractivity contribution in [3.05, 3.63) is 51.4 Å². The molecule has 2 heterocycles. The average Bonchev–Trinajstić information content (AvgIpc) is 3.34. The fourth-order valence-electron chi connectivity index (χ4n) is 3.32. The normalized spacial score (nSPS) is 17.1. The Bertz CT molecular complexity index is 1120. The number of benzene rings is 2. The first kappa shape index (κ1) is 23.3. The predicted octanol–water partition coefficient (Wildman–Crippen LogP) is 5.88. The first-order valence-electron chi connectivity index (χ1n) is 10.7. The number of hydrogen-bond acceptors (Lipinski definition) is 7. The summed E-state index contributed by atoms with van der Waals surface area (Å²) in [4.78, 5) is 27.1. The van der Waals surface area contributed by atoms with Crippen LogP contribution in [0.5, 0.6) is 23.0 Å². The maximum absolute atomic E-state index is 13.0. The first-order valence-corrected chi connectivity index (χ1v) is 11.9. The third-order valence-electron chi connectivity index (χ3n) is 5.21. The van der Waals surface area contributed by atoms with Gasteiger partial charge in [-0.05, 0) is 67.4 Å². The summed E-state index contributed by atoms with van der Waals surface area (Å²) in [5.74, 6) is 1.95. The van der Waals surface area contributed by atoms with E-state index in [1.165, 1.54) is 4.90 Å². The zero-order chi connectivity index (χ0) is 23.5. The molecule has 2 aliphatic heterocycles. The molecule has 33 heavy (non-hydrogen) atoms. The molecule has 0 aliphatic carbocycles. The lowest BCUT2D eigenvalue weighted by Crippen LogP contribution is -2.27. The van der Waals surface area contributed by atoms with Crippen molar-refractivity contribution in [2.45, 2.75) is 39.8 Å². The van der Waals surface area contributed by atoms with Crippen molar-refractivity contribution in [1.29, 1.82) is 0 Å². The number of thioether (sulfide) groups is 1. The number of carbonyl (C=O) groups excluding carboxylic acids is 2. The van der Waals surface area contributed by atoms with E-state index in [1.54, 1.807) is 18.2 Å². The SMILES string of the molecule is CCOc1cc(/C=C2/SC(=O)N(Cc3cc4c(cc3Cl)OCO4)C2=O)ccc1O[C@H](C)CC. The molecule has 0 spiro atoms. The van der Waals surface area contributed by atoms with Crippen molar-refractivity contribution < 1.29 is 28.5 Å². The van der Waals surface area contributed by atoms with Crippen molar-refractivity contribution in [2.75, 3.05) is 13.4 Å². The molecular formula is C24H24ClNO6S. The van der Waals surface area contributed by atoms with Crippen LogP contribution in [0.2, 0.25) is 5.02 Å². The summed E-state index contributed by atoms with van der Waals surface area (Å²) >= 11 is 7.22. The molecule has 2 amide bonds. The van der Waals surface area contributed by atoms with E-state index in [1.807, 2.05) is 39.0 Å². The molecule has 0 aromatic heterocycles. The minimum Gasteiger partial charge on any atom is -0.490 e. The van der Waals surface area contributed by atoms with E-state index in [9.17, 15) is 9.59 Å². The van der Waals surface area contributed by atoms with Crippen molar-refractivity contribution in [1.82, 2.24) is 4.90 Å². The minimum absolute atomic E-state index is 0.0450. The topological polar surface area (TPSA) is 74.3 Å². The Hall–Kier alpha value is -2.84. The molecule has 4 rings (SSSR count). The second-order valence-electron chi connectivity index (χ2n) is 7.54. The van der Waals surface area contributed by atoms with Gasteiger partial charge in [-0.3, -0.25) is 14.5 Å². The first-order chi connectivity index (χ1) is 15.9. The van der Waals surface area contributed by atoms with Gasteiger partial charge in [0.1, 0.15) is 0 Å². The molecule has 0 bridgehead atoms. The molecule has 7 nitrogen and oxygen atoms in total. The van der Waals surface area contributed by atoms with Crippen LogP contribution in [0.3, 0.4) is 0 Å². The Kier molecular flexibility index (Phi) is 7.05. The van der Waals surface area contributed by atoms with Crippen LogP contribution in [0, 0.1) is 0 Å². The number of ether oxygens (including phenoxy) is 4. The molecule has 0 N–H and O–H groups in total. The minimum atomic E-state index is -0.378. The second kappa shape index (κ2) is 9.97. The van der Waals surface area contributed by atoms with Crippen LogP contribution in [0.1, 0.15) is 38.3 Å². The van der Waals surface area contributed by atoms with Crippen molar-refractivity contribution in [3.8, 4) is 23.0 Å². The largest absolute Gasteiger partial charge is 0.490 e. The number of rotatable bonds is 8. The Morgan fingerprint density at radius 1 is 1.15 bits per heavy atom. The fraction of sp³-hybridized carbons (Fsp3) is 0.333. The van der Waals surface area contributed by atoms with E-state index >= 15 is 0 Å². The van der Waals surface area contributed by atoms with Crippen molar-refractivity contribution >= 4 is 40.6 Å². The molecule has 2 aliphatic rings. The summed E-state index contributed by atoms with van der Waals surface area (Å²) < 4.78 is 22.3. The molecule has 1 fully saturated rings. The molecular weight excluding hydrogens is 466 g/mol. The summed E-state index contributed by atoms with van der Waals surface area (Å²) in [6, 6.07) is 8.79. The summed E-state index contributed by atoms with van der Waals surface area (Å²) in [6.07, 6.45) is 2.60. The van der Waals surface area contributed by atoms with Gasteiger partial charge >= 0.3 is 0 Å². The van der Waals surface area contributed by atoms with Gasteiger partial charge in [0.15, 0.2) is 23.0 Å². The lowest BCUT2D eigenvalue weighted by atomic mass is 10.1. The van der Waals surface area contributed by atoms with Gasteiger partial charge in [-0.1, -0.05) is 24.6 Å². The number of amides is 2. The summed E-state index contributed by atoms with van der Waals surface area (Å²) in [7, 11) is 0. The van der Waals surface area contributed by atoms with Crippen LogP contribution in [0.4, 0.5) is 4.79 Å². The highest BCUT2D eigenvalue weighted by molar-refractivity contribution is 8.18. The third-order valence-corrected chi connectivity index (χ3v) is 6.47. The van der Waals surface area contributed by atoms with E-state index < -0.39 is 0 Å². The van der Waals surface area contributed by atoms with Gasteiger partial charge in [-0.15, -0.1) is 0 Å². The molecule has 0 saturated carbocycles. The molecule has 174 valence electrons. The standard InChI is InChI=1S/C24H24ClNO6S/c1-4-14(3)32-18-7-6-15(8-19(18)29-5-2)9-22-23(27)26(24(28)33-22)12-16-10-20-21(11-17(16)25)31-13-30-20/h6-11,14H,4-5,12-13H2,1-3H3/b22-9+/t14-/m1/s1. The predicted molar refractivity (Wildman–Crippen MR) is 127 cm³/mol. The van der Waals surface area contributed by atoms with Crippen LogP contribution in [0.15, 0.2) is 35.2 Å². The second-order valence-corrected chi connectivity index (χ2v) is 8.94. The van der Waals surface area contributed by atoms with E-state index in [0.717, 1.165) is 23.7 Å². The zero-order valence-electron chi connectivity index (χ0n) is 18.6. The fourth-order valence-corrected chi connectivity index (χ4v) is 4.37. The summed E-state index contributed by atoms with van der Waals surface area (Å²) in [5.41, 5.74) is 1.34. The van der Waals surface area contributed by atoms with Crippen LogP contribution in [-0.2, 0) is 11.3 Å². The van der Waals surface area contributed by atoms with Gasteiger partial charge in [-0.25, -0.2) is 0 Å². The molecule has 1 atom stereocenters. The van der Waals surface area contributed by atoms with Crippen LogP contribution in [-0.4, -0.2) is 35.6 Å². The van der Waals surface area contributed by atoms with Gasteiger partial charge in [0.2, 0.25) is 6.79 Å². The Labute approximate surface area is 201 Å². The van der Waals surface area contributed by atoms with Gasteiger partial charge < -0.3 is 18.9 Å². The maximum Gasteiger partial charge on any atom is 0.293 e. The van der Waals surface area contributed by atoms with Crippen molar-refractivity contribution in [3.63, 3.8) is 0 Å². The number of fused-ring (bicyclic) bond motifs is 1. The highest BCUT2D eigenvalue weighted by Gasteiger charge is 2.35. The summed E-state index contributed by atoms with van der Waals surface area (Å²) in [6.45, 7) is 6.57. The molecule has 1 saturated heterocycles. The Morgan fingerprint density at radius 3 is 2.64 bits per heavy atom. The number of nitrogens with zero attached hydrogens (tertiary/aromatic N) is 1. The number of halogens is 1. The van der Waals surface area contributed by atoms with E-state index in [0.29, 0.717) is 45.1 Å². The van der Waals surface area contributed by atoms with Gasteiger partial charge in [-0.2, -0.15) is 0 Å².